The number of ether oxygens (including phenoxy) is 1. The predicted octanol–water partition coefficient (Wildman–Crippen LogP) is 6.69. The summed E-state index contributed by atoms with van der Waals surface area (Å²) in [5, 5.41) is 21.8. The molecule has 5 aromatic carbocycles. The number of fused-ring (bicyclic) bond motifs is 1. The lowest BCUT2D eigenvalue weighted by Crippen LogP contribution is -2.16. The SMILES string of the molecule is COc1cc(N=Nc2cccc(S(=O)(=O)O)c2)ccc1Nc1nc(Nc2ccc(N=Nc3cc(S(=O)(=O)O)c4cccc(S(=O)(=O)O)c4c3)c(C)c2)[nH]c(=O)n1. The average molecular weight is 822 g/mol. The molecule has 0 radical (unpaired) electrons. The van der Waals surface area contributed by atoms with E-state index in [-0.39, 0.29) is 44.7 Å². The molecular formula is C33H27N9O11S3. The fourth-order valence-electron chi connectivity index (χ4n) is 5.19. The molecule has 0 aliphatic heterocycles. The normalized spacial score (nSPS) is 12.4. The van der Waals surface area contributed by atoms with Crippen molar-refractivity contribution in [2.24, 2.45) is 20.5 Å². The maximum atomic E-state index is 12.5. The van der Waals surface area contributed by atoms with Gasteiger partial charge in [0.2, 0.25) is 11.9 Å². The third-order valence-electron chi connectivity index (χ3n) is 7.67. The summed E-state index contributed by atoms with van der Waals surface area (Å²) in [6.45, 7) is 1.68. The Bertz CT molecular complexity index is 2990. The van der Waals surface area contributed by atoms with Crippen LogP contribution in [0.4, 0.5) is 46.0 Å². The van der Waals surface area contributed by atoms with Gasteiger partial charge < -0.3 is 15.4 Å². The molecule has 288 valence electrons. The number of azo groups is 2. The fourth-order valence-corrected chi connectivity index (χ4v) is 7.13. The van der Waals surface area contributed by atoms with Gasteiger partial charge in [0.1, 0.15) is 15.5 Å². The number of nitrogens with one attached hydrogen (secondary N) is 3. The number of aromatic nitrogens is 3. The molecule has 0 unspecified atom stereocenters. The number of H-pyrrole nitrogens is 1. The number of hydrogen-bond acceptors (Lipinski definition) is 16. The molecule has 0 atom stereocenters. The Morgan fingerprint density at radius 1 is 0.661 bits per heavy atom. The van der Waals surface area contributed by atoms with Crippen LogP contribution in [-0.2, 0) is 30.4 Å². The molecule has 0 bridgehead atoms. The van der Waals surface area contributed by atoms with Crippen LogP contribution in [0.2, 0.25) is 0 Å². The highest BCUT2D eigenvalue weighted by Crippen LogP contribution is 2.35. The molecular weight excluding hydrogens is 795 g/mol. The van der Waals surface area contributed by atoms with Crippen molar-refractivity contribution in [1.82, 2.24) is 15.0 Å². The van der Waals surface area contributed by atoms with E-state index in [9.17, 15) is 43.7 Å². The first-order chi connectivity index (χ1) is 26.4. The molecule has 20 nitrogen and oxygen atoms in total. The van der Waals surface area contributed by atoms with Crippen LogP contribution in [0.5, 0.6) is 5.75 Å². The number of benzene rings is 5. The van der Waals surface area contributed by atoms with Crippen LogP contribution in [0.25, 0.3) is 10.8 Å². The van der Waals surface area contributed by atoms with Gasteiger partial charge >= 0.3 is 5.69 Å². The minimum atomic E-state index is -4.85. The van der Waals surface area contributed by atoms with E-state index in [2.05, 4.69) is 46.0 Å². The van der Waals surface area contributed by atoms with Crippen LogP contribution in [0.1, 0.15) is 5.56 Å². The van der Waals surface area contributed by atoms with Crippen LogP contribution in [0.15, 0.2) is 131 Å². The molecule has 6 N–H and O–H groups in total. The highest BCUT2D eigenvalue weighted by Gasteiger charge is 2.21. The summed E-state index contributed by atoms with van der Waals surface area (Å²) in [5.74, 6) is 0.162. The number of methoxy groups -OCH3 is 1. The Hall–Kier alpha value is -6.50. The van der Waals surface area contributed by atoms with E-state index in [4.69, 9.17) is 4.74 Å². The van der Waals surface area contributed by atoms with Crippen molar-refractivity contribution < 1.29 is 43.6 Å². The summed E-state index contributed by atoms with van der Waals surface area (Å²) in [6, 6.07) is 20.4. The molecule has 0 fully saturated rings. The zero-order chi connectivity index (χ0) is 40.4. The van der Waals surface area contributed by atoms with E-state index in [1.807, 2.05) is 0 Å². The van der Waals surface area contributed by atoms with E-state index < -0.39 is 45.8 Å². The van der Waals surface area contributed by atoms with Crippen LogP contribution < -0.4 is 21.1 Å². The Morgan fingerprint density at radius 2 is 1.36 bits per heavy atom. The molecule has 0 spiro atoms. The monoisotopic (exact) mass is 821 g/mol. The smallest absolute Gasteiger partial charge is 0.351 e. The van der Waals surface area contributed by atoms with Crippen molar-refractivity contribution in [3.8, 4) is 5.75 Å². The first-order valence-corrected chi connectivity index (χ1v) is 19.9. The van der Waals surface area contributed by atoms with Crippen molar-refractivity contribution >= 4 is 87.1 Å². The van der Waals surface area contributed by atoms with Crippen molar-refractivity contribution in [2.45, 2.75) is 21.6 Å². The first kappa shape index (κ1) is 39.2. The van der Waals surface area contributed by atoms with Crippen LogP contribution in [0, 0.1) is 6.92 Å². The minimum absolute atomic E-state index is 0.00123. The summed E-state index contributed by atoms with van der Waals surface area (Å²) in [7, 11) is -12.7. The highest BCUT2D eigenvalue weighted by atomic mass is 32.2. The van der Waals surface area contributed by atoms with E-state index >= 15 is 0 Å². The highest BCUT2D eigenvalue weighted by molar-refractivity contribution is 7.86. The number of rotatable bonds is 12. The van der Waals surface area contributed by atoms with E-state index in [0.717, 1.165) is 18.2 Å². The number of hydrogen-bond donors (Lipinski definition) is 6. The van der Waals surface area contributed by atoms with Gasteiger partial charge in [-0.25, -0.2) is 4.79 Å². The first-order valence-electron chi connectivity index (χ1n) is 15.6. The second kappa shape index (κ2) is 15.3. The second-order valence-corrected chi connectivity index (χ2v) is 15.8. The van der Waals surface area contributed by atoms with Crippen molar-refractivity contribution in [1.29, 1.82) is 0 Å². The van der Waals surface area contributed by atoms with E-state index in [1.54, 1.807) is 37.3 Å². The molecule has 6 aromatic rings. The van der Waals surface area contributed by atoms with Gasteiger partial charge in [-0.1, -0.05) is 18.2 Å². The standard InChI is InChI=1S/C33H27N9O11S3/c1-18-13-19(9-11-26(18)42-41-22-15-25-24(30(17-22)56(50,51)52)7-4-8-29(25)55(47,48)49)34-31-36-32(38-33(43)37-31)35-27-12-10-21(16-28(27)53-2)40-39-20-5-3-6-23(14-20)54(44,45)46/h3-17H,1-2H3,(H,44,45,46)(H,47,48,49)(H,50,51,52)(H3,34,35,36,37,38,43). The fraction of sp³-hybridized carbons (Fsp3) is 0.0606. The Labute approximate surface area is 317 Å². The van der Waals surface area contributed by atoms with Crippen LogP contribution in [-0.4, -0.2) is 61.0 Å². The zero-order valence-corrected chi connectivity index (χ0v) is 31.1. The van der Waals surface area contributed by atoms with Gasteiger partial charge in [-0.3, -0.25) is 18.6 Å². The summed E-state index contributed by atoms with van der Waals surface area (Å²) in [6.07, 6.45) is 0. The summed E-state index contributed by atoms with van der Waals surface area (Å²) in [5.41, 5.74) is 1.28. The second-order valence-electron chi connectivity index (χ2n) is 11.6. The Morgan fingerprint density at radius 3 is 2.04 bits per heavy atom. The third-order valence-corrected chi connectivity index (χ3v) is 10.3. The van der Waals surface area contributed by atoms with Crippen LogP contribution in [0.3, 0.4) is 0 Å². The third kappa shape index (κ3) is 9.23. The van der Waals surface area contributed by atoms with Gasteiger partial charge in [-0.2, -0.15) is 55.7 Å². The van der Waals surface area contributed by atoms with E-state index in [1.165, 1.54) is 49.6 Å². The zero-order valence-electron chi connectivity index (χ0n) is 28.7. The molecule has 6 rings (SSSR count). The van der Waals surface area contributed by atoms with Gasteiger partial charge in [0, 0.05) is 22.5 Å². The summed E-state index contributed by atoms with van der Waals surface area (Å²) >= 11 is 0. The summed E-state index contributed by atoms with van der Waals surface area (Å²) < 4.78 is 105. The molecule has 0 amide bonds. The van der Waals surface area contributed by atoms with Crippen LogP contribution >= 0.6 is 0 Å². The molecule has 0 saturated carbocycles. The summed E-state index contributed by atoms with van der Waals surface area (Å²) in [4.78, 5) is 21.5. The number of anilines is 4. The molecule has 1 aromatic heterocycles. The van der Waals surface area contributed by atoms with Gasteiger partial charge in [0.15, 0.2) is 0 Å². The topological polar surface area (TPSA) is 304 Å². The minimum Gasteiger partial charge on any atom is -0.494 e. The molecule has 56 heavy (non-hydrogen) atoms. The van der Waals surface area contributed by atoms with Gasteiger partial charge in [-0.15, -0.1) is 0 Å². The predicted molar refractivity (Wildman–Crippen MR) is 202 cm³/mol. The van der Waals surface area contributed by atoms with Crippen molar-refractivity contribution in [2.75, 3.05) is 17.7 Å². The number of aryl methyl sites for hydroxylation is 1. The number of nitrogens with zero attached hydrogens (tertiary/aromatic N) is 6. The van der Waals surface area contributed by atoms with E-state index in [0.29, 0.717) is 28.3 Å². The molecule has 0 aliphatic rings. The Kier molecular flexibility index (Phi) is 10.7. The molecule has 23 heteroatoms. The number of aromatic amines is 1. The van der Waals surface area contributed by atoms with Gasteiger partial charge in [0.05, 0.1) is 40.4 Å². The Balaban J connectivity index is 1.20. The lowest BCUT2D eigenvalue weighted by molar-refractivity contribution is 0.417. The average Bonchev–Trinajstić information content (AvgIpc) is 3.12. The largest absolute Gasteiger partial charge is 0.494 e. The molecule has 0 saturated heterocycles. The quantitative estimate of drug-likeness (QED) is 0.0553. The maximum Gasteiger partial charge on any atom is 0.351 e. The lowest BCUT2D eigenvalue weighted by Gasteiger charge is -2.12. The van der Waals surface area contributed by atoms with Crippen molar-refractivity contribution in [3.63, 3.8) is 0 Å². The van der Waals surface area contributed by atoms with Crippen molar-refractivity contribution in [3.05, 3.63) is 107 Å². The van der Waals surface area contributed by atoms with Gasteiger partial charge in [-0.05, 0) is 79.2 Å². The van der Waals surface area contributed by atoms with Gasteiger partial charge in [0.25, 0.3) is 30.4 Å². The molecule has 0 aliphatic carbocycles. The maximum absolute atomic E-state index is 12.5. The molecule has 1 heterocycles. The lowest BCUT2D eigenvalue weighted by atomic mass is 10.1.